The molecule has 0 aliphatic heterocycles. The summed E-state index contributed by atoms with van der Waals surface area (Å²) in [6, 6.07) is 9.70. The highest BCUT2D eigenvalue weighted by molar-refractivity contribution is 5.83. The fourth-order valence-electron chi connectivity index (χ4n) is 2.14. The Balaban J connectivity index is 1.94. The van der Waals surface area contributed by atoms with Gasteiger partial charge in [-0.3, -0.25) is 29.8 Å². The standard InChI is InChI=1S/C17H15N3O8/c18-15(9-16(21)28-14-4-2-1-3-5-14)17(22)27-10-11-6-12(19(23)24)8-13(7-11)20(25)26/h1-8,15H,9-10,18H2/t15-/m0/s1. The second-order valence-electron chi connectivity index (χ2n) is 5.58. The average molecular weight is 389 g/mol. The number of carbonyl (C=O) groups excluding carboxylic acids is 2. The van der Waals surface area contributed by atoms with Crippen molar-refractivity contribution in [2.45, 2.75) is 19.1 Å². The van der Waals surface area contributed by atoms with Gasteiger partial charge >= 0.3 is 11.9 Å². The van der Waals surface area contributed by atoms with Gasteiger partial charge in [0, 0.05) is 17.7 Å². The molecule has 2 N–H and O–H groups in total. The number of nitro groups is 2. The maximum atomic E-state index is 11.9. The zero-order valence-corrected chi connectivity index (χ0v) is 14.3. The molecule has 2 aromatic rings. The Hall–Kier alpha value is -3.86. The predicted molar refractivity (Wildman–Crippen MR) is 94.2 cm³/mol. The number of hydrogen-bond acceptors (Lipinski definition) is 9. The number of ether oxygens (including phenoxy) is 2. The molecule has 0 aromatic heterocycles. The quantitative estimate of drug-likeness (QED) is 0.307. The van der Waals surface area contributed by atoms with Gasteiger partial charge in [-0.2, -0.15) is 0 Å². The molecule has 0 bridgehead atoms. The summed E-state index contributed by atoms with van der Waals surface area (Å²) >= 11 is 0. The van der Waals surface area contributed by atoms with Crippen molar-refractivity contribution in [1.29, 1.82) is 0 Å². The lowest BCUT2D eigenvalue weighted by atomic mass is 10.2. The van der Waals surface area contributed by atoms with Gasteiger partial charge in [0.05, 0.1) is 22.3 Å². The Bertz CT molecular complexity index is 868. The number of esters is 2. The van der Waals surface area contributed by atoms with Crippen molar-refractivity contribution >= 4 is 23.3 Å². The molecule has 0 amide bonds. The zero-order valence-electron chi connectivity index (χ0n) is 14.3. The first kappa shape index (κ1) is 20.5. The third-order valence-electron chi connectivity index (χ3n) is 3.43. The second-order valence-corrected chi connectivity index (χ2v) is 5.58. The van der Waals surface area contributed by atoms with Crippen molar-refractivity contribution in [2.24, 2.45) is 5.73 Å². The molecule has 0 radical (unpaired) electrons. The molecule has 146 valence electrons. The minimum Gasteiger partial charge on any atom is -0.460 e. The Kier molecular flexibility index (Phi) is 6.71. The summed E-state index contributed by atoms with van der Waals surface area (Å²) < 4.78 is 9.90. The summed E-state index contributed by atoms with van der Waals surface area (Å²) in [5.74, 6) is -1.42. The molecule has 0 saturated carbocycles. The number of carbonyl (C=O) groups is 2. The maximum absolute atomic E-state index is 11.9. The summed E-state index contributed by atoms with van der Waals surface area (Å²) in [7, 11) is 0. The molecule has 11 nitrogen and oxygen atoms in total. The van der Waals surface area contributed by atoms with Gasteiger partial charge in [0.2, 0.25) is 0 Å². The lowest BCUT2D eigenvalue weighted by Gasteiger charge is -2.11. The maximum Gasteiger partial charge on any atom is 0.323 e. The number of benzene rings is 2. The normalized spacial score (nSPS) is 11.3. The highest BCUT2D eigenvalue weighted by atomic mass is 16.6. The second kappa shape index (κ2) is 9.19. The van der Waals surface area contributed by atoms with Crippen LogP contribution in [-0.2, 0) is 20.9 Å². The van der Waals surface area contributed by atoms with Crippen LogP contribution in [-0.4, -0.2) is 27.8 Å². The minimum atomic E-state index is -1.33. The van der Waals surface area contributed by atoms with Crippen LogP contribution in [0.15, 0.2) is 48.5 Å². The van der Waals surface area contributed by atoms with E-state index in [0.717, 1.165) is 18.2 Å². The lowest BCUT2D eigenvalue weighted by Crippen LogP contribution is -2.35. The van der Waals surface area contributed by atoms with Crippen LogP contribution in [0.3, 0.4) is 0 Å². The van der Waals surface area contributed by atoms with Gasteiger partial charge in [0.15, 0.2) is 0 Å². The monoisotopic (exact) mass is 389 g/mol. The van der Waals surface area contributed by atoms with Crippen LogP contribution in [0, 0.1) is 20.2 Å². The van der Waals surface area contributed by atoms with E-state index in [1.165, 1.54) is 0 Å². The van der Waals surface area contributed by atoms with Crippen LogP contribution in [0.5, 0.6) is 5.75 Å². The minimum absolute atomic E-state index is 0.0355. The van der Waals surface area contributed by atoms with E-state index in [1.54, 1.807) is 30.3 Å². The number of nitrogens with two attached hydrogens (primary N) is 1. The van der Waals surface area contributed by atoms with E-state index in [2.05, 4.69) is 0 Å². The van der Waals surface area contributed by atoms with Crippen molar-refractivity contribution in [3.63, 3.8) is 0 Å². The van der Waals surface area contributed by atoms with Crippen LogP contribution in [0.25, 0.3) is 0 Å². The first-order valence-corrected chi connectivity index (χ1v) is 7.87. The van der Waals surface area contributed by atoms with Gasteiger partial charge in [-0.15, -0.1) is 0 Å². The molecule has 1 atom stereocenters. The largest absolute Gasteiger partial charge is 0.460 e. The van der Waals surface area contributed by atoms with Crippen molar-refractivity contribution in [3.05, 3.63) is 74.3 Å². The Labute approximate surface area is 158 Å². The van der Waals surface area contributed by atoms with Gasteiger partial charge in [-0.25, -0.2) is 0 Å². The van der Waals surface area contributed by atoms with E-state index in [1.807, 2.05) is 0 Å². The van der Waals surface area contributed by atoms with Gasteiger partial charge < -0.3 is 15.2 Å². The molecule has 0 aliphatic rings. The predicted octanol–water partition coefficient (Wildman–Crippen LogP) is 1.87. The summed E-state index contributed by atoms with van der Waals surface area (Å²) in [6.07, 6.45) is -0.456. The molecular formula is C17H15N3O8. The Morgan fingerprint density at radius 2 is 1.57 bits per heavy atom. The number of non-ortho nitro benzene ring substituents is 2. The zero-order chi connectivity index (χ0) is 20.7. The molecule has 2 aromatic carbocycles. The van der Waals surface area contributed by atoms with E-state index >= 15 is 0 Å². The number of hydrogen-bond donors (Lipinski definition) is 1. The molecule has 0 saturated heterocycles. The molecule has 0 heterocycles. The smallest absolute Gasteiger partial charge is 0.323 e. The van der Waals surface area contributed by atoms with E-state index < -0.39 is 52.2 Å². The van der Waals surface area contributed by atoms with Crippen LogP contribution in [0.2, 0.25) is 0 Å². The van der Waals surface area contributed by atoms with Crippen molar-refractivity contribution < 1.29 is 28.9 Å². The Morgan fingerprint density at radius 1 is 1.00 bits per heavy atom. The molecule has 11 heteroatoms. The van der Waals surface area contributed by atoms with Crippen molar-refractivity contribution in [3.8, 4) is 5.75 Å². The molecular weight excluding hydrogens is 374 g/mol. The number of rotatable bonds is 8. The van der Waals surface area contributed by atoms with Crippen molar-refractivity contribution in [2.75, 3.05) is 0 Å². The van der Waals surface area contributed by atoms with E-state index in [4.69, 9.17) is 15.2 Å². The van der Waals surface area contributed by atoms with Crippen LogP contribution in [0.4, 0.5) is 11.4 Å². The fourth-order valence-corrected chi connectivity index (χ4v) is 2.14. The van der Waals surface area contributed by atoms with Crippen LogP contribution >= 0.6 is 0 Å². The number of para-hydroxylation sites is 1. The number of nitro benzene ring substituents is 2. The summed E-state index contributed by atoms with van der Waals surface area (Å²) in [5.41, 5.74) is 4.60. The summed E-state index contributed by atoms with van der Waals surface area (Å²) in [5, 5.41) is 21.7. The first-order chi connectivity index (χ1) is 13.3. The lowest BCUT2D eigenvalue weighted by molar-refractivity contribution is -0.394. The van der Waals surface area contributed by atoms with Crippen LogP contribution < -0.4 is 10.5 Å². The van der Waals surface area contributed by atoms with E-state index in [0.29, 0.717) is 0 Å². The van der Waals surface area contributed by atoms with E-state index in [9.17, 15) is 29.8 Å². The fraction of sp³-hybridized carbons (Fsp3) is 0.176. The SMILES string of the molecule is N[C@@H](CC(=O)Oc1ccccc1)C(=O)OCc1cc([N+](=O)[O-])cc([N+](=O)[O-])c1. The molecule has 0 unspecified atom stereocenters. The molecule has 0 aliphatic carbocycles. The van der Waals surface area contributed by atoms with Crippen LogP contribution in [0.1, 0.15) is 12.0 Å². The third kappa shape index (κ3) is 5.85. The van der Waals surface area contributed by atoms with Crippen molar-refractivity contribution in [1.82, 2.24) is 0 Å². The third-order valence-corrected chi connectivity index (χ3v) is 3.43. The highest BCUT2D eigenvalue weighted by Gasteiger charge is 2.22. The molecule has 0 fully saturated rings. The summed E-state index contributed by atoms with van der Waals surface area (Å²) in [4.78, 5) is 43.8. The van der Waals surface area contributed by atoms with Gasteiger partial charge in [-0.05, 0) is 12.1 Å². The van der Waals surface area contributed by atoms with Gasteiger partial charge in [0.25, 0.3) is 11.4 Å². The van der Waals surface area contributed by atoms with E-state index in [-0.39, 0.29) is 11.3 Å². The average Bonchev–Trinajstić information content (AvgIpc) is 2.66. The van der Waals surface area contributed by atoms with Gasteiger partial charge in [-0.1, -0.05) is 18.2 Å². The molecule has 28 heavy (non-hydrogen) atoms. The Morgan fingerprint density at radius 3 is 2.11 bits per heavy atom. The summed E-state index contributed by atoms with van der Waals surface area (Å²) in [6.45, 7) is -0.483. The van der Waals surface area contributed by atoms with Gasteiger partial charge in [0.1, 0.15) is 18.4 Å². The first-order valence-electron chi connectivity index (χ1n) is 7.87. The number of nitrogens with zero attached hydrogens (tertiary/aromatic N) is 2. The topological polar surface area (TPSA) is 165 Å². The highest BCUT2D eigenvalue weighted by Crippen LogP contribution is 2.23. The molecule has 2 rings (SSSR count). The molecule has 0 spiro atoms.